The van der Waals surface area contributed by atoms with Crippen molar-refractivity contribution in [1.29, 1.82) is 0 Å². The van der Waals surface area contributed by atoms with Gasteiger partial charge in [0.25, 0.3) is 0 Å². The number of rotatable bonds is 6. The van der Waals surface area contributed by atoms with Gasteiger partial charge in [-0.05, 0) is 61.7 Å². The maximum Gasteiger partial charge on any atom is 0.0439 e. The maximum atomic E-state index is 6.32. The Hall–Kier alpha value is 0.110. The molecule has 1 fully saturated rings. The number of halogens is 2. The highest BCUT2D eigenvalue weighted by Crippen LogP contribution is 2.30. The average Bonchev–Trinajstić information content (AvgIpc) is 2.48. The molecule has 0 radical (unpaired) electrons. The third-order valence-corrected chi connectivity index (χ3v) is 5.89. The van der Waals surface area contributed by atoms with Gasteiger partial charge in [0.2, 0.25) is 0 Å². The van der Waals surface area contributed by atoms with E-state index >= 15 is 0 Å². The summed E-state index contributed by atoms with van der Waals surface area (Å²) in [5, 5.41) is 6.02. The van der Waals surface area contributed by atoms with Gasteiger partial charge in [-0.15, -0.1) is 0 Å². The van der Waals surface area contributed by atoms with E-state index < -0.39 is 0 Å². The summed E-state index contributed by atoms with van der Waals surface area (Å²) >= 11 is 14.5. The summed E-state index contributed by atoms with van der Waals surface area (Å²) in [7, 11) is 0. The minimum atomic E-state index is 0.496. The molecule has 1 N–H and O–H groups in total. The fourth-order valence-electron chi connectivity index (χ4n) is 2.68. The predicted molar refractivity (Wildman–Crippen MR) is 92.3 cm³/mol. The van der Waals surface area contributed by atoms with E-state index in [1.54, 1.807) is 0 Å². The van der Waals surface area contributed by atoms with Crippen LogP contribution in [0.15, 0.2) is 18.2 Å². The standard InChI is InChI=1S/C16H23Cl2NS/c1-2-8-19-15(16-5-3-4-9-20-16)11-12-10-13(17)6-7-14(12)18/h6-7,10,15-16,19H,2-5,8-9,11H2,1H3. The number of benzene rings is 1. The highest BCUT2D eigenvalue weighted by Gasteiger charge is 2.24. The van der Waals surface area contributed by atoms with Crippen LogP contribution in [0.5, 0.6) is 0 Å². The Labute approximate surface area is 136 Å². The Morgan fingerprint density at radius 1 is 1.35 bits per heavy atom. The number of hydrogen-bond acceptors (Lipinski definition) is 2. The smallest absolute Gasteiger partial charge is 0.0439 e. The van der Waals surface area contributed by atoms with Crippen molar-refractivity contribution in [3.63, 3.8) is 0 Å². The van der Waals surface area contributed by atoms with Gasteiger partial charge >= 0.3 is 0 Å². The zero-order valence-electron chi connectivity index (χ0n) is 12.0. The first kappa shape index (κ1) is 16.5. The SMILES string of the molecule is CCCNC(Cc1cc(Cl)ccc1Cl)C1CCCCS1. The minimum Gasteiger partial charge on any atom is -0.313 e. The first-order valence-corrected chi connectivity index (χ1v) is 9.30. The molecule has 2 rings (SSSR count). The van der Waals surface area contributed by atoms with Gasteiger partial charge in [0.1, 0.15) is 0 Å². The van der Waals surface area contributed by atoms with Crippen LogP contribution >= 0.6 is 35.0 Å². The highest BCUT2D eigenvalue weighted by atomic mass is 35.5. The van der Waals surface area contributed by atoms with Crippen molar-refractivity contribution < 1.29 is 0 Å². The molecule has 1 aromatic rings. The molecule has 0 aromatic heterocycles. The van der Waals surface area contributed by atoms with E-state index in [0.29, 0.717) is 11.3 Å². The molecule has 20 heavy (non-hydrogen) atoms. The summed E-state index contributed by atoms with van der Waals surface area (Å²) in [5.41, 5.74) is 1.17. The first-order valence-electron chi connectivity index (χ1n) is 7.49. The monoisotopic (exact) mass is 331 g/mol. The lowest BCUT2D eigenvalue weighted by Crippen LogP contribution is -2.41. The van der Waals surface area contributed by atoms with Crippen molar-refractivity contribution in [2.45, 2.75) is 50.3 Å². The van der Waals surface area contributed by atoms with Crippen LogP contribution in [-0.4, -0.2) is 23.6 Å². The molecule has 0 spiro atoms. The Morgan fingerprint density at radius 3 is 2.90 bits per heavy atom. The largest absolute Gasteiger partial charge is 0.313 e. The summed E-state index contributed by atoms with van der Waals surface area (Å²) in [6.45, 7) is 3.28. The van der Waals surface area contributed by atoms with Crippen molar-refractivity contribution in [3.8, 4) is 0 Å². The number of hydrogen-bond donors (Lipinski definition) is 1. The van der Waals surface area contributed by atoms with Crippen LogP contribution in [0.4, 0.5) is 0 Å². The molecule has 0 amide bonds. The zero-order valence-corrected chi connectivity index (χ0v) is 14.3. The van der Waals surface area contributed by atoms with E-state index in [1.165, 1.54) is 30.6 Å². The molecule has 2 atom stereocenters. The lowest BCUT2D eigenvalue weighted by Gasteiger charge is -2.31. The molecule has 4 heteroatoms. The van der Waals surface area contributed by atoms with E-state index in [0.717, 1.165) is 29.4 Å². The zero-order chi connectivity index (χ0) is 14.4. The Bertz CT molecular complexity index is 419. The fourth-order valence-corrected chi connectivity index (χ4v) is 4.51. The van der Waals surface area contributed by atoms with Crippen LogP contribution < -0.4 is 5.32 Å². The second-order valence-electron chi connectivity index (χ2n) is 5.41. The Balaban J connectivity index is 2.07. The highest BCUT2D eigenvalue weighted by molar-refractivity contribution is 8.00. The van der Waals surface area contributed by atoms with Gasteiger partial charge in [-0.25, -0.2) is 0 Å². The predicted octanol–water partition coefficient (Wildman–Crippen LogP) is 5.19. The Kier molecular flexibility index (Phi) is 7.03. The third kappa shape index (κ3) is 4.84. The molecular weight excluding hydrogens is 309 g/mol. The molecule has 1 nitrogen and oxygen atoms in total. The van der Waals surface area contributed by atoms with Gasteiger partial charge in [-0.3, -0.25) is 0 Å². The van der Waals surface area contributed by atoms with E-state index in [9.17, 15) is 0 Å². The molecule has 1 aliphatic rings. The molecule has 0 aliphatic carbocycles. The molecule has 1 aromatic carbocycles. The van der Waals surface area contributed by atoms with Crippen LogP contribution in [0.25, 0.3) is 0 Å². The van der Waals surface area contributed by atoms with Crippen LogP contribution in [0.3, 0.4) is 0 Å². The molecule has 0 bridgehead atoms. The van der Waals surface area contributed by atoms with Gasteiger partial charge < -0.3 is 5.32 Å². The molecule has 1 aliphatic heterocycles. The van der Waals surface area contributed by atoms with Crippen molar-refractivity contribution >= 4 is 35.0 Å². The average molecular weight is 332 g/mol. The lowest BCUT2D eigenvalue weighted by molar-refractivity contribution is 0.461. The quantitative estimate of drug-likeness (QED) is 0.769. The van der Waals surface area contributed by atoms with E-state index in [2.05, 4.69) is 24.0 Å². The van der Waals surface area contributed by atoms with Crippen molar-refractivity contribution in [1.82, 2.24) is 5.32 Å². The topological polar surface area (TPSA) is 12.0 Å². The van der Waals surface area contributed by atoms with Gasteiger partial charge in [0, 0.05) is 21.3 Å². The van der Waals surface area contributed by atoms with E-state index in [-0.39, 0.29) is 0 Å². The van der Waals surface area contributed by atoms with Crippen LogP contribution in [0.2, 0.25) is 10.0 Å². The summed E-state index contributed by atoms with van der Waals surface area (Å²) in [6.07, 6.45) is 6.16. The summed E-state index contributed by atoms with van der Waals surface area (Å²) < 4.78 is 0. The lowest BCUT2D eigenvalue weighted by atomic mass is 9.99. The molecular formula is C16H23Cl2NS. The summed E-state index contributed by atoms with van der Waals surface area (Å²) in [5.74, 6) is 1.29. The van der Waals surface area contributed by atoms with E-state index in [4.69, 9.17) is 23.2 Å². The first-order chi connectivity index (χ1) is 9.70. The van der Waals surface area contributed by atoms with Gasteiger partial charge in [-0.2, -0.15) is 11.8 Å². The van der Waals surface area contributed by atoms with Gasteiger partial charge in [0.15, 0.2) is 0 Å². The molecule has 2 unspecified atom stereocenters. The van der Waals surface area contributed by atoms with Crippen LogP contribution in [-0.2, 0) is 6.42 Å². The second-order valence-corrected chi connectivity index (χ2v) is 7.60. The summed E-state index contributed by atoms with van der Waals surface area (Å²) in [6, 6.07) is 6.27. The summed E-state index contributed by atoms with van der Waals surface area (Å²) in [4.78, 5) is 0. The number of thioether (sulfide) groups is 1. The normalized spacial score (nSPS) is 20.9. The van der Waals surface area contributed by atoms with Gasteiger partial charge in [0.05, 0.1) is 0 Å². The minimum absolute atomic E-state index is 0.496. The van der Waals surface area contributed by atoms with Crippen molar-refractivity contribution in [3.05, 3.63) is 33.8 Å². The molecule has 1 heterocycles. The fraction of sp³-hybridized carbons (Fsp3) is 0.625. The van der Waals surface area contributed by atoms with Crippen LogP contribution in [0.1, 0.15) is 38.2 Å². The Morgan fingerprint density at radius 2 is 2.20 bits per heavy atom. The van der Waals surface area contributed by atoms with E-state index in [1.807, 2.05) is 18.2 Å². The number of nitrogens with one attached hydrogen (secondary N) is 1. The van der Waals surface area contributed by atoms with Crippen LogP contribution in [0, 0.1) is 0 Å². The molecule has 112 valence electrons. The van der Waals surface area contributed by atoms with Gasteiger partial charge in [-0.1, -0.05) is 36.5 Å². The molecule has 0 saturated carbocycles. The maximum absolute atomic E-state index is 6.32. The van der Waals surface area contributed by atoms with Crippen molar-refractivity contribution in [2.24, 2.45) is 0 Å². The third-order valence-electron chi connectivity index (χ3n) is 3.77. The molecule has 1 saturated heterocycles. The van der Waals surface area contributed by atoms with Crippen molar-refractivity contribution in [2.75, 3.05) is 12.3 Å². The second kappa shape index (κ2) is 8.53.